The van der Waals surface area contributed by atoms with Gasteiger partial charge in [0.25, 0.3) is 0 Å². The topological polar surface area (TPSA) is 75.9 Å². The van der Waals surface area contributed by atoms with Crippen LogP contribution in [0.25, 0.3) is 11.4 Å². The molecular weight excluding hydrogens is 266 g/mol. The molecule has 2 aromatic rings. The monoisotopic (exact) mass is 279 g/mol. The fourth-order valence-corrected chi connectivity index (χ4v) is 2.53. The molecule has 2 heterocycles. The van der Waals surface area contributed by atoms with Gasteiger partial charge in [-0.05, 0) is 54.6 Å². The minimum absolute atomic E-state index is 0.134. The molecule has 1 aliphatic heterocycles. The van der Waals surface area contributed by atoms with Crippen LogP contribution in [0.2, 0.25) is 5.02 Å². The highest BCUT2D eigenvalue weighted by Gasteiger charge is 2.22. The van der Waals surface area contributed by atoms with Gasteiger partial charge in [0.2, 0.25) is 0 Å². The third-order valence-corrected chi connectivity index (χ3v) is 3.58. The molecule has 1 aromatic heterocycles. The van der Waals surface area contributed by atoms with Crippen molar-refractivity contribution in [1.82, 2.24) is 25.5 Å². The summed E-state index contributed by atoms with van der Waals surface area (Å²) in [5, 5.41) is 25.6. The van der Waals surface area contributed by atoms with Gasteiger partial charge in [-0.2, -0.15) is 0 Å². The number of hydrogen-bond acceptors (Lipinski definition) is 5. The van der Waals surface area contributed by atoms with E-state index in [1.807, 2.05) is 0 Å². The minimum atomic E-state index is 0.134. The first-order valence-electron chi connectivity index (χ1n) is 6.23. The number of benzene rings is 1. The van der Waals surface area contributed by atoms with E-state index in [1.54, 1.807) is 22.9 Å². The van der Waals surface area contributed by atoms with E-state index in [9.17, 15) is 5.11 Å². The van der Waals surface area contributed by atoms with E-state index in [-0.39, 0.29) is 11.8 Å². The maximum atomic E-state index is 9.95. The normalized spacial score (nSPS) is 16.7. The fraction of sp³-hybridized carbons (Fsp3) is 0.417. The van der Waals surface area contributed by atoms with Crippen LogP contribution in [0.4, 0.5) is 0 Å². The number of halogens is 1. The number of aromatic nitrogens is 4. The molecule has 0 aliphatic carbocycles. The van der Waals surface area contributed by atoms with Gasteiger partial charge >= 0.3 is 0 Å². The average molecular weight is 280 g/mol. The van der Waals surface area contributed by atoms with Gasteiger partial charge in [-0.3, -0.25) is 0 Å². The smallest absolute Gasteiger partial charge is 0.186 e. The van der Waals surface area contributed by atoms with Gasteiger partial charge in [0.15, 0.2) is 5.82 Å². The average Bonchev–Trinajstić information content (AvgIpc) is 2.91. The summed E-state index contributed by atoms with van der Waals surface area (Å²) in [7, 11) is 0. The molecule has 0 unspecified atom stereocenters. The van der Waals surface area contributed by atoms with E-state index in [4.69, 9.17) is 11.6 Å². The summed E-state index contributed by atoms with van der Waals surface area (Å²) >= 11 is 5.97. The van der Waals surface area contributed by atoms with Crippen LogP contribution in [0.5, 0.6) is 5.75 Å². The highest BCUT2D eigenvalue weighted by Crippen LogP contribution is 2.32. The number of aromatic hydroxyl groups is 1. The van der Waals surface area contributed by atoms with Crippen molar-refractivity contribution in [2.45, 2.75) is 18.9 Å². The first-order valence-corrected chi connectivity index (χ1v) is 6.61. The summed E-state index contributed by atoms with van der Waals surface area (Å²) in [5.41, 5.74) is 0.566. The van der Waals surface area contributed by atoms with Crippen LogP contribution >= 0.6 is 11.6 Å². The molecule has 19 heavy (non-hydrogen) atoms. The Morgan fingerprint density at radius 1 is 1.32 bits per heavy atom. The number of rotatable bonds is 2. The lowest BCUT2D eigenvalue weighted by Gasteiger charge is -2.23. The zero-order valence-electron chi connectivity index (χ0n) is 10.3. The predicted octanol–water partition coefficient (Wildman–Crippen LogP) is 1.62. The van der Waals surface area contributed by atoms with E-state index in [0.717, 1.165) is 25.9 Å². The number of nitrogens with one attached hydrogen (secondary N) is 1. The molecule has 0 atom stereocenters. The van der Waals surface area contributed by atoms with Crippen molar-refractivity contribution in [3.63, 3.8) is 0 Å². The first kappa shape index (κ1) is 12.4. The van der Waals surface area contributed by atoms with Gasteiger partial charge in [-0.25, -0.2) is 4.68 Å². The zero-order chi connectivity index (χ0) is 13.2. The minimum Gasteiger partial charge on any atom is -0.507 e. The predicted molar refractivity (Wildman–Crippen MR) is 71.1 cm³/mol. The van der Waals surface area contributed by atoms with Crippen molar-refractivity contribution in [2.75, 3.05) is 13.1 Å². The molecule has 100 valence electrons. The molecule has 2 N–H and O–H groups in total. The van der Waals surface area contributed by atoms with Crippen LogP contribution < -0.4 is 5.32 Å². The molecule has 6 nitrogen and oxygen atoms in total. The Morgan fingerprint density at radius 2 is 2.11 bits per heavy atom. The maximum absolute atomic E-state index is 9.95. The van der Waals surface area contributed by atoms with Gasteiger partial charge in [-0.15, -0.1) is 5.10 Å². The number of phenols is 1. The molecule has 0 saturated carbocycles. The second-order valence-electron chi connectivity index (χ2n) is 4.59. The molecule has 0 bridgehead atoms. The second-order valence-corrected chi connectivity index (χ2v) is 5.03. The van der Waals surface area contributed by atoms with Crippen LogP contribution in [-0.4, -0.2) is 38.4 Å². The lowest BCUT2D eigenvalue weighted by molar-refractivity contribution is 0.340. The SMILES string of the molecule is Oc1ccc(Cl)cc1-c1nnnn1C1CCNCC1. The summed E-state index contributed by atoms with van der Waals surface area (Å²) in [6.45, 7) is 1.90. The van der Waals surface area contributed by atoms with E-state index in [0.29, 0.717) is 16.4 Å². The van der Waals surface area contributed by atoms with Gasteiger partial charge in [0.05, 0.1) is 11.6 Å². The molecule has 1 fully saturated rings. The van der Waals surface area contributed by atoms with Crippen molar-refractivity contribution in [2.24, 2.45) is 0 Å². The Morgan fingerprint density at radius 3 is 2.89 bits per heavy atom. The van der Waals surface area contributed by atoms with Crippen LogP contribution in [0.3, 0.4) is 0 Å². The Balaban J connectivity index is 2.01. The summed E-state index contributed by atoms with van der Waals surface area (Å²) in [4.78, 5) is 0. The van der Waals surface area contributed by atoms with E-state index in [2.05, 4.69) is 20.8 Å². The van der Waals surface area contributed by atoms with Crippen molar-refractivity contribution >= 4 is 11.6 Å². The number of tetrazole rings is 1. The van der Waals surface area contributed by atoms with E-state index in [1.165, 1.54) is 0 Å². The third kappa shape index (κ3) is 2.41. The van der Waals surface area contributed by atoms with Gasteiger partial charge < -0.3 is 10.4 Å². The molecule has 0 radical (unpaired) electrons. The second kappa shape index (κ2) is 5.14. The Labute approximate surface area is 115 Å². The summed E-state index contributed by atoms with van der Waals surface area (Å²) in [5.74, 6) is 0.696. The highest BCUT2D eigenvalue weighted by atomic mass is 35.5. The van der Waals surface area contributed by atoms with E-state index >= 15 is 0 Å². The fourth-order valence-electron chi connectivity index (χ4n) is 2.36. The molecule has 0 amide bonds. The highest BCUT2D eigenvalue weighted by molar-refractivity contribution is 6.30. The van der Waals surface area contributed by atoms with Crippen molar-refractivity contribution in [3.05, 3.63) is 23.2 Å². The lowest BCUT2D eigenvalue weighted by atomic mass is 10.1. The summed E-state index contributed by atoms with van der Waals surface area (Å²) in [6.07, 6.45) is 1.94. The Hall–Kier alpha value is -1.66. The molecule has 1 aromatic carbocycles. The van der Waals surface area contributed by atoms with Gasteiger partial charge in [-0.1, -0.05) is 11.6 Å². The van der Waals surface area contributed by atoms with Crippen LogP contribution in [0.1, 0.15) is 18.9 Å². The van der Waals surface area contributed by atoms with Crippen molar-refractivity contribution < 1.29 is 5.11 Å². The summed E-state index contributed by atoms with van der Waals surface area (Å²) in [6, 6.07) is 5.13. The van der Waals surface area contributed by atoms with Crippen molar-refractivity contribution in [1.29, 1.82) is 0 Å². The largest absolute Gasteiger partial charge is 0.507 e. The van der Waals surface area contributed by atoms with Crippen LogP contribution in [-0.2, 0) is 0 Å². The molecule has 3 rings (SSSR count). The number of phenolic OH excluding ortho intramolecular Hbond substituents is 1. The molecular formula is C12H14ClN5O. The maximum Gasteiger partial charge on any atom is 0.186 e. The standard InChI is InChI=1S/C12H14ClN5O/c13-8-1-2-11(19)10(7-8)12-15-16-17-18(12)9-3-5-14-6-4-9/h1-2,7,9,14,19H,3-6H2. The van der Waals surface area contributed by atoms with Gasteiger partial charge in [0, 0.05) is 5.02 Å². The number of piperidine rings is 1. The van der Waals surface area contributed by atoms with Crippen LogP contribution in [0.15, 0.2) is 18.2 Å². The Kier molecular flexibility index (Phi) is 3.35. The van der Waals surface area contributed by atoms with Crippen molar-refractivity contribution in [3.8, 4) is 17.1 Å². The van der Waals surface area contributed by atoms with Crippen LogP contribution in [0, 0.1) is 0 Å². The van der Waals surface area contributed by atoms with E-state index < -0.39 is 0 Å². The molecule has 7 heteroatoms. The quantitative estimate of drug-likeness (QED) is 0.874. The number of nitrogens with zero attached hydrogens (tertiary/aromatic N) is 4. The van der Waals surface area contributed by atoms with Gasteiger partial charge in [0.1, 0.15) is 5.75 Å². The number of hydrogen-bond donors (Lipinski definition) is 2. The first-order chi connectivity index (χ1) is 9.25. The lowest BCUT2D eigenvalue weighted by Crippen LogP contribution is -2.30. The third-order valence-electron chi connectivity index (χ3n) is 3.35. The molecule has 0 spiro atoms. The summed E-state index contributed by atoms with van der Waals surface area (Å²) < 4.78 is 1.78. The zero-order valence-corrected chi connectivity index (χ0v) is 11.0. The molecule has 1 aliphatic rings. The molecule has 1 saturated heterocycles. The Bertz CT molecular complexity index is 579.